The first-order valence-corrected chi connectivity index (χ1v) is 9.52. The molecule has 6 heteroatoms. The van der Waals surface area contributed by atoms with E-state index in [9.17, 15) is 4.79 Å². The maximum Gasteiger partial charge on any atom is 0.220 e. The summed E-state index contributed by atoms with van der Waals surface area (Å²) in [6.07, 6.45) is 3.52. The molecule has 2 rings (SSSR count). The third-order valence-corrected chi connectivity index (χ3v) is 4.32. The molecule has 26 heavy (non-hydrogen) atoms. The first-order valence-electron chi connectivity index (χ1n) is 9.52. The van der Waals surface area contributed by atoms with Gasteiger partial charge in [-0.2, -0.15) is 0 Å². The number of benzene rings is 1. The normalized spacial score (nSPS) is 15.3. The summed E-state index contributed by atoms with van der Waals surface area (Å²) in [7, 11) is 1.69. The van der Waals surface area contributed by atoms with E-state index in [0.29, 0.717) is 19.0 Å². The van der Waals surface area contributed by atoms with Crippen molar-refractivity contribution in [1.29, 1.82) is 0 Å². The minimum Gasteiger partial charge on any atom is -0.496 e. The van der Waals surface area contributed by atoms with Crippen LogP contribution in [0.25, 0.3) is 0 Å². The fraction of sp³-hybridized carbons (Fsp3) is 0.600. The topological polar surface area (TPSA) is 74.8 Å². The number of aliphatic imine (C=N–C) groups is 1. The molecular formula is C20H32N4O2. The fourth-order valence-corrected chi connectivity index (χ4v) is 2.75. The Kier molecular flexibility index (Phi) is 7.75. The predicted octanol–water partition coefficient (Wildman–Crippen LogP) is 2.68. The molecule has 1 aliphatic carbocycles. The van der Waals surface area contributed by atoms with Crippen LogP contribution in [0.15, 0.2) is 23.2 Å². The highest BCUT2D eigenvalue weighted by atomic mass is 16.5. The molecule has 0 spiro atoms. The van der Waals surface area contributed by atoms with E-state index in [0.717, 1.165) is 43.1 Å². The number of methoxy groups -OCH3 is 1. The van der Waals surface area contributed by atoms with E-state index in [1.165, 1.54) is 5.56 Å². The number of hydrogen-bond acceptors (Lipinski definition) is 3. The van der Waals surface area contributed by atoms with Crippen molar-refractivity contribution >= 4 is 11.9 Å². The van der Waals surface area contributed by atoms with Gasteiger partial charge in [0.25, 0.3) is 0 Å². The van der Waals surface area contributed by atoms with Gasteiger partial charge in [-0.05, 0) is 46.1 Å². The van der Waals surface area contributed by atoms with Crippen molar-refractivity contribution in [3.8, 4) is 5.75 Å². The van der Waals surface area contributed by atoms with Crippen molar-refractivity contribution in [1.82, 2.24) is 16.0 Å². The Bertz CT molecular complexity index is 626. The second-order valence-corrected chi connectivity index (χ2v) is 6.82. The van der Waals surface area contributed by atoms with Crippen LogP contribution in [0.1, 0.15) is 56.7 Å². The molecule has 1 amide bonds. The molecule has 1 unspecified atom stereocenters. The summed E-state index contributed by atoms with van der Waals surface area (Å²) >= 11 is 0. The molecule has 0 bridgehead atoms. The maximum atomic E-state index is 11.7. The number of guanidine groups is 1. The SMILES string of the molecule is CCNC(=NCCCC(=O)NC1CC1)NC(C)c1cc(C)ccc1OC. The first-order chi connectivity index (χ1) is 12.5. The summed E-state index contributed by atoms with van der Waals surface area (Å²) in [5.41, 5.74) is 2.29. The monoisotopic (exact) mass is 360 g/mol. The Morgan fingerprint density at radius 3 is 2.81 bits per heavy atom. The van der Waals surface area contributed by atoms with Crippen molar-refractivity contribution in [2.45, 2.75) is 58.5 Å². The molecule has 0 saturated heterocycles. The van der Waals surface area contributed by atoms with E-state index < -0.39 is 0 Å². The van der Waals surface area contributed by atoms with Gasteiger partial charge in [0.05, 0.1) is 13.2 Å². The maximum absolute atomic E-state index is 11.7. The lowest BCUT2D eigenvalue weighted by Gasteiger charge is -2.20. The molecule has 6 nitrogen and oxygen atoms in total. The largest absolute Gasteiger partial charge is 0.496 e. The van der Waals surface area contributed by atoms with Gasteiger partial charge in [0.2, 0.25) is 5.91 Å². The van der Waals surface area contributed by atoms with Crippen LogP contribution in [0.4, 0.5) is 0 Å². The van der Waals surface area contributed by atoms with E-state index in [-0.39, 0.29) is 11.9 Å². The minimum absolute atomic E-state index is 0.0563. The number of amides is 1. The molecule has 0 aromatic heterocycles. The van der Waals surface area contributed by atoms with Gasteiger partial charge in [0.15, 0.2) is 5.96 Å². The minimum atomic E-state index is 0.0563. The number of hydrogen-bond donors (Lipinski definition) is 3. The summed E-state index contributed by atoms with van der Waals surface area (Å²) in [6, 6.07) is 6.64. The predicted molar refractivity (Wildman–Crippen MR) is 106 cm³/mol. The van der Waals surface area contributed by atoms with Crippen LogP contribution in [0.2, 0.25) is 0 Å². The molecule has 3 N–H and O–H groups in total. The molecule has 0 aliphatic heterocycles. The number of rotatable bonds is 9. The van der Waals surface area contributed by atoms with E-state index in [4.69, 9.17) is 4.74 Å². The third kappa shape index (κ3) is 6.58. The van der Waals surface area contributed by atoms with Crippen LogP contribution in [-0.2, 0) is 4.79 Å². The van der Waals surface area contributed by atoms with Crippen LogP contribution in [-0.4, -0.2) is 38.1 Å². The zero-order valence-corrected chi connectivity index (χ0v) is 16.4. The lowest BCUT2D eigenvalue weighted by atomic mass is 10.0. The number of nitrogens with one attached hydrogen (secondary N) is 3. The zero-order valence-electron chi connectivity index (χ0n) is 16.4. The molecule has 1 aromatic rings. The fourth-order valence-electron chi connectivity index (χ4n) is 2.75. The molecule has 1 fully saturated rings. The van der Waals surface area contributed by atoms with Gasteiger partial charge in [-0.1, -0.05) is 17.7 Å². The molecule has 1 atom stereocenters. The highest BCUT2D eigenvalue weighted by Crippen LogP contribution is 2.26. The molecule has 0 radical (unpaired) electrons. The third-order valence-electron chi connectivity index (χ3n) is 4.32. The molecule has 1 saturated carbocycles. The molecule has 1 aliphatic rings. The van der Waals surface area contributed by atoms with Crippen molar-refractivity contribution in [2.75, 3.05) is 20.2 Å². The van der Waals surface area contributed by atoms with Crippen LogP contribution in [0.5, 0.6) is 5.75 Å². The number of ether oxygens (including phenoxy) is 1. The van der Waals surface area contributed by atoms with Gasteiger partial charge < -0.3 is 20.7 Å². The van der Waals surface area contributed by atoms with Gasteiger partial charge >= 0.3 is 0 Å². The van der Waals surface area contributed by atoms with Gasteiger partial charge in [-0.3, -0.25) is 9.79 Å². The molecule has 144 valence electrons. The second kappa shape index (κ2) is 10.0. The van der Waals surface area contributed by atoms with Crippen LogP contribution in [0, 0.1) is 6.92 Å². The number of aryl methyl sites for hydroxylation is 1. The van der Waals surface area contributed by atoms with Gasteiger partial charge in [-0.25, -0.2) is 0 Å². The average Bonchev–Trinajstić information content (AvgIpc) is 3.42. The van der Waals surface area contributed by atoms with Gasteiger partial charge in [0, 0.05) is 31.1 Å². The van der Waals surface area contributed by atoms with Crippen molar-refractivity contribution in [2.24, 2.45) is 4.99 Å². The highest BCUT2D eigenvalue weighted by molar-refractivity contribution is 5.80. The Hall–Kier alpha value is -2.24. The Labute approximate surface area is 156 Å². The van der Waals surface area contributed by atoms with Gasteiger partial charge in [0.1, 0.15) is 5.75 Å². The standard InChI is InChI=1S/C20H32N4O2/c1-5-21-20(22-12-6-7-19(25)24-16-9-10-16)23-15(3)17-13-14(2)8-11-18(17)26-4/h8,11,13,15-16H,5-7,9-10,12H2,1-4H3,(H,24,25)(H2,21,22,23). The van der Waals surface area contributed by atoms with E-state index in [2.05, 4.69) is 40.9 Å². The smallest absolute Gasteiger partial charge is 0.220 e. The number of nitrogens with zero attached hydrogens (tertiary/aromatic N) is 1. The summed E-state index contributed by atoms with van der Waals surface area (Å²) in [6.45, 7) is 7.60. The highest BCUT2D eigenvalue weighted by Gasteiger charge is 2.22. The molecular weight excluding hydrogens is 328 g/mol. The lowest BCUT2D eigenvalue weighted by Crippen LogP contribution is -2.39. The second-order valence-electron chi connectivity index (χ2n) is 6.82. The molecule has 1 aromatic carbocycles. The van der Waals surface area contributed by atoms with Crippen molar-refractivity contribution in [3.05, 3.63) is 29.3 Å². The zero-order chi connectivity index (χ0) is 18.9. The summed E-state index contributed by atoms with van der Waals surface area (Å²) < 4.78 is 5.48. The molecule has 0 heterocycles. The van der Waals surface area contributed by atoms with E-state index in [1.54, 1.807) is 7.11 Å². The number of carbonyl (C=O) groups excluding carboxylic acids is 1. The van der Waals surface area contributed by atoms with Crippen molar-refractivity contribution in [3.63, 3.8) is 0 Å². The van der Waals surface area contributed by atoms with E-state index in [1.807, 2.05) is 19.1 Å². The summed E-state index contributed by atoms with van der Waals surface area (Å²) in [5.74, 6) is 1.76. The van der Waals surface area contributed by atoms with E-state index >= 15 is 0 Å². The van der Waals surface area contributed by atoms with Crippen LogP contribution >= 0.6 is 0 Å². The Morgan fingerprint density at radius 2 is 2.15 bits per heavy atom. The first kappa shape index (κ1) is 20.1. The average molecular weight is 361 g/mol. The van der Waals surface area contributed by atoms with Crippen LogP contribution < -0.4 is 20.7 Å². The van der Waals surface area contributed by atoms with Crippen molar-refractivity contribution < 1.29 is 9.53 Å². The lowest BCUT2D eigenvalue weighted by molar-refractivity contribution is -0.121. The Balaban J connectivity index is 1.89. The summed E-state index contributed by atoms with van der Waals surface area (Å²) in [5, 5.41) is 9.69. The van der Waals surface area contributed by atoms with Gasteiger partial charge in [-0.15, -0.1) is 0 Å². The Morgan fingerprint density at radius 1 is 1.38 bits per heavy atom. The quantitative estimate of drug-likeness (QED) is 0.360. The number of carbonyl (C=O) groups is 1. The summed E-state index contributed by atoms with van der Waals surface area (Å²) in [4.78, 5) is 16.3. The van der Waals surface area contributed by atoms with Crippen LogP contribution in [0.3, 0.4) is 0 Å².